The van der Waals surface area contributed by atoms with E-state index in [9.17, 15) is 0 Å². The van der Waals surface area contributed by atoms with Crippen LogP contribution in [0.1, 0.15) is 39.5 Å². The van der Waals surface area contributed by atoms with Crippen molar-refractivity contribution in [2.75, 3.05) is 19.6 Å². The van der Waals surface area contributed by atoms with E-state index in [1.54, 1.807) is 0 Å². The van der Waals surface area contributed by atoms with Gasteiger partial charge in [0.15, 0.2) is 0 Å². The first-order valence-electron chi connectivity index (χ1n) is 5.70. The van der Waals surface area contributed by atoms with Crippen LogP contribution in [0.2, 0.25) is 0 Å². The van der Waals surface area contributed by atoms with Gasteiger partial charge in [-0.1, -0.05) is 20.3 Å². The van der Waals surface area contributed by atoms with Crippen molar-refractivity contribution in [2.24, 2.45) is 11.7 Å². The van der Waals surface area contributed by atoms with Crippen LogP contribution in [-0.2, 0) is 0 Å². The Morgan fingerprint density at radius 1 is 1.38 bits per heavy atom. The summed E-state index contributed by atoms with van der Waals surface area (Å²) in [5.41, 5.74) is 5.93. The first-order chi connectivity index (χ1) is 6.22. The van der Waals surface area contributed by atoms with Crippen LogP contribution in [0.25, 0.3) is 0 Å². The maximum atomic E-state index is 5.93. The first kappa shape index (κ1) is 11.0. The summed E-state index contributed by atoms with van der Waals surface area (Å²) in [6.45, 7) is 8.35. The molecule has 2 unspecified atom stereocenters. The third kappa shape index (κ3) is 4.10. The second kappa shape index (κ2) is 5.61. The molecule has 1 fully saturated rings. The van der Waals surface area contributed by atoms with Gasteiger partial charge in [-0.3, -0.25) is 0 Å². The number of nitrogens with zero attached hydrogens (tertiary/aromatic N) is 1. The molecule has 2 nitrogen and oxygen atoms in total. The van der Waals surface area contributed by atoms with Crippen LogP contribution in [0.4, 0.5) is 0 Å². The molecule has 13 heavy (non-hydrogen) atoms. The van der Waals surface area contributed by atoms with Crippen LogP contribution in [0, 0.1) is 5.92 Å². The second-order valence-corrected chi connectivity index (χ2v) is 4.51. The number of hydrogen-bond donors (Lipinski definition) is 1. The van der Waals surface area contributed by atoms with Crippen molar-refractivity contribution in [2.45, 2.75) is 45.6 Å². The van der Waals surface area contributed by atoms with Gasteiger partial charge in [0, 0.05) is 12.6 Å². The summed E-state index contributed by atoms with van der Waals surface area (Å²) in [5, 5.41) is 0. The van der Waals surface area contributed by atoms with Gasteiger partial charge in [0.05, 0.1) is 0 Å². The standard InChI is InChI=1S/C11H24N2/c1-3-10(2)9-13-7-4-5-11(12)6-8-13/h10-11H,3-9,12H2,1-2H3. The van der Waals surface area contributed by atoms with Gasteiger partial charge in [-0.15, -0.1) is 0 Å². The van der Waals surface area contributed by atoms with E-state index < -0.39 is 0 Å². The summed E-state index contributed by atoms with van der Waals surface area (Å²) < 4.78 is 0. The van der Waals surface area contributed by atoms with E-state index in [1.165, 1.54) is 45.3 Å². The third-order valence-electron chi connectivity index (χ3n) is 3.13. The minimum absolute atomic E-state index is 0.460. The average molecular weight is 184 g/mol. The van der Waals surface area contributed by atoms with Crippen molar-refractivity contribution in [3.63, 3.8) is 0 Å². The molecule has 1 aliphatic heterocycles. The highest BCUT2D eigenvalue weighted by molar-refractivity contribution is 4.72. The molecule has 0 spiro atoms. The number of rotatable bonds is 3. The molecular weight excluding hydrogens is 160 g/mol. The lowest BCUT2D eigenvalue weighted by atomic mass is 10.1. The minimum Gasteiger partial charge on any atom is -0.328 e. The molecule has 0 aromatic carbocycles. The Hall–Kier alpha value is -0.0800. The molecule has 1 rings (SSSR count). The molecular formula is C11H24N2. The van der Waals surface area contributed by atoms with E-state index in [1.807, 2.05) is 0 Å². The minimum atomic E-state index is 0.460. The molecule has 2 N–H and O–H groups in total. The van der Waals surface area contributed by atoms with E-state index >= 15 is 0 Å². The quantitative estimate of drug-likeness (QED) is 0.725. The van der Waals surface area contributed by atoms with Crippen molar-refractivity contribution < 1.29 is 0 Å². The van der Waals surface area contributed by atoms with Gasteiger partial charge in [-0.25, -0.2) is 0 Å². The Morgan fingerprint density at radius 3 is 2.85 bits per heavy atom. The molecule has 0 bridgehead atoms. The Balaban J connectivity index is 2.25. The van der Waals surface area contributed by atoms with Gasteiger partial charge >= 0.3 is 0 Å². The molecule has 0 radical (unpaired) electrons. The SMILES string of the molecule is CCC(C)CN1CCCC(N)CC1. The first-order valence-corrected chi connectivity index (χ1v) is 5.70. The Morgan fingerprint density at radius 2 is 2.15 bits per heavy atom. The Kier molecular flexibility index (Phi) is 4.74. The molecule has 1 heterocycles. The number of hydrogen-bond acceptors (Lipinski definition) is 2. The van der Waals surface area contributed by atoms with Gasteiger partial charge in [0.25, 0.3) is 0 Å². The summed E-state index contributed by atoms with van der Waals surface area (Å²) in [6, 6.07) is 0.460. The molecule has 0 aromatic heterocycles. The maximum absolute atomic E-state index is 5.93. The fourth-order valence-electron chi connectivity index (χ4n) is 1.93. The van der Waals surface area contributed by atoms with Crippen LogP contribution in [0.3, 0.4) is 0 Å². The zero-order valence-electron chi connectivity index (χ0n) is 9.13. The number of likely N-dealkylation sites (tertiary alicyclic amines) is 1. The van der Waals surface area contributed by atoms with E-state index in [4.69, 9.17) is 5.73 Å². The van der Waals surface area contributed by atoms with Gasteiger partial charge in [-0.05, 0) is 38.3 Å². The molecule has 2 heteroatoms. The van der Waals surface area contributed by atoms with Crippen molar-refractivity contribution >= 4 is 0 Å². The fourth-order valence-corrected chi connectivity index (χ4v) is 1.93. The van der Waals surface area contributed by atoms with Crippen LogP contribution >= 0.6 is 0 Å². The van der Waals surface area contributed by atoms with Crippen LogP contribution in [-0.4, -0.2) is 30.6 Å². The second-order valence-electron chi connectivity index (χ2n) is 4.51. The summed E-state index contributed by atoms with van der Waals surface area (Å²) >= 11 is 0. The summed E-state index contributed by atoms with van der Waals surface area (Å²) in [6.07, 6.45) is 4.99. The fraction of sp³-hybridized carbons (Fsp3) is 1.00. The lowest BCUT2D eigenvalue weighted by molar-refractivity contribution is 0.242. The highest BCUT2D eigenvalue weighted by atomic mass is 15.1. The molecule has 0 saturated carbocycles. The molecule has 78 valence electrons. The molecule has 1 aliphatic rings. The largest absolute Gasteiger partial charge is 0.328 e. The van der Waals surface area contributed by atoms with Crippen molar-refractivity contribution in [3.8, 4) is 0 Å². The third-order valence-corrected chi connectivity index (χ3v) is 3.13. The molecule has 0 aliphatic carbocycles. The van der Waals surface area contributed by atoms with E-state index in [2.05, 4.69) is 18.7 Å². The van der Waals surface area contributed by atoms with Crippen LogP contribution in [0.15, 0.2) is 0 Å². The molecule has 0 aromatic rings. The lowest BCUT2D eigenvalue weighted by Gasteiger charge is -2.23. The molecule has 1 saturated heterocycles. The maximum Gasteiger partial charge on any atom is 0.00514 e. The van der Waals surface area contributed by atoms with Crippen LogP contribution < -0.4 is 5.73 Å². The highest BCUT2D eigenvalue weighted by Gasteiger charge is 2.14. The molecule has 2 atom stereocenters. The van der Waals surface area contributed by atoms with E-state index in [-0.39, 0.29) is 0 Å². The highest BCUT2D eigenvalue weighted by Crippen LogP contribution is 2.12. The van der Waals surface area contributed by atoms with Crippen molar-refractivity contribution in [3.05, 3.63) is 0 Å². The monoisotopic (exact) mass is 184 g/mol. The zero-order valence-corrected chi connectivity index (χ0v) is 9.13. The van der Waals surface area contributed by atoms with Crippen LogP contribution in [0.5, 0.6) is 0 Å². The average Bonchev–Trinajstić information content (AvgIpc) is 2.31. The van der Waals surface area contributed by atoms with Gasteiger partial charge in [0.1, 0.15) is 0 Å². The Bertz CT molecular complexity index is 136. The summed E-state index contributed by atoms with van der Waals surface area (Å²) in [4.78, 5) is 2.58. The van der Waals surface area contributed by atoms with E-state index in [0.717, 1.165) is 5.92 Å². The van der Waals surface area contributed by atoms with Gasteiger partial charge in [0.2, 0.25) is 0 Å². The molecule has 0 amide bonds. The smallest absolute Gasteiger partial charge is 0.00514 e. The summed E-state index contributed by atoms with van der Waals surface area (Å²) in [5.74, 6) is 0.842. The van der Waals surface area contributed by atoms with Crippen molar-refractivity contribution in [1.29, 1.82) is 0 Å². The number of nitrogens with two attached hydrogens (primary N) is 1. The van der Waals surface area contributed by atoms with Gasteiger partial charge < -0.3 is 10.6 Å². The normalized spacial score (nSPS) is 28.4. The predicted molar refractivity (Wildman–Crippen MR) is 57.7 cm³/mol. The summed E-state index contributed by atoms with van der Waals surface area (Å²) in [7, 11) is 0. The topological polar surface area (TPSA) is 29.3 Å². The van der Waals surface area contributed by atoms with Crippen molar-refractivity contribution in [1.82, 2.24) is 4.90 Å². The van der Waals surface area contributed by atoms with Gasteiger partial charge in [-0.2, -0.15) is 0 Å². The van der Waals surface area contributed by atoms with E-state index in [0.29, 0.717) is 6.04 Å². The lowest BCUT2D eigenvalue weighted by Crippen LogP contribution is -2.30. The Labute approximate surface area is 82.5 Å². The predicted octanol–water partition coefficient (Wildman–Crippen LogP) is 1.85. The zero-order chi connectivity index (χ0) is 9.68.